The van der Waals surface area contributed by atoms with Gasteiger partial charge < -0.3 is 10.6 Å². The van der Waals surface area contributed by atoms with Crippen molar-refractivity contribution in [2.75, 3.05) is 6.54 Å². The fourth-order valence-corrected chi connectivity index (χ4v) is 2.18. The van der Waals surface area contributed by atoms with Gasteiger partial charge in [-0.05, 0) is 31.9 Å². The van der Waals surface area contributed by atoms with Gasteiger partial charge in [-0.25, -0.2) is 0 Å². The van der Waals surface area contributed by atoms with Gasteiger partial charge in [0.05, 0.1) is 5.54 Å². The molecule has 0 saturated carbocycles. The molecular weight excluding hydrogens is 216 g/mol. The summed E-state index contributed by atoms with van der Waals surface area (Å²) in [5, 5.41) is 5.39. The Morgan fingerprint density at radius 2 is 1.88 bits per heavy atom. The van der Waals surface area contributed by atoms with Crippen LogP contribution in [0.4, 0.5) is 0 Å². The second-order valence-electron chi connectivity index (χ2n) is 4.79. The Labute approximate surface area is 100 Å². The minimum absolute atomic E-state index is 0.419. The Bertz CT molecular complexity index is 496. The van der Waals surface area contributed by atoms with E-state index in [1.54, 1.807) is 0 Å². The minimum Gasteiger partial charge on any atom is -0.345 e. The van der Waals surface area contributed by atoms with Gasteiger partial charge in [-0.1, -0.05) is 23.8 Å². The average molecular weight is 232 g/mol. The summed E-state index contributed by atoms with van der Waals surface area (Å²) in [6, 6.07) is 6.11. The Kier molecular flexibility index (Phi) is 2.65. The predicted octanol–water partition coefficient (Wildman–Crippen LogP) is 0.765. The van der Waals surface area contributed by atoms with Crippen LogP contribution in [0, 0.1) is 13.8 Å². The predicted molar refractivity (Wildman–Crippen MR) is 64.4 cm³/mol. The van der Waals surface area contributed by atoms with Crippen molar-refractivity contribution in [2.24, 2.45) is 0 Å². The summed E-state index contributed by atoms with van der Waals surface area (Å²) in [4.78, 5) is 22.6. The zero-order valence-electron chi connectivity index (χ0n) is 10.3. The smallest absolute Gasteiger partial charge is 0.310 e. The quantitative estimate of drug-likeness (QED) is 0.702. The van der Waals surface area contributed by atoms with Crippen molar-refractivity contribution in [3.05, 3.63) is 34.9 Å². The van der Waals surface area contributed by atoms with Gasteiger partial charge in [0, 0.05) is 6.54 Å². The third-order valence-corrected chi connectivity index (χ3v) is 3.19. The summed E-state index contributed by atoms with van der Waals surface area (Å²) >= 11 is 0. The van der Waals surface area contributed by atoms with Crippen molar-refractivity contribution in [1.29, 1.82) is 0 Å². The number of carbonyl (C=O) groups is 2. The molecule has 1 aromatic carbocycles. The zero-order valence-corrected chi connectivity index (χ0v) is 10.3. The number of carbonyl (C=O) groups excluding carboxylic acids is 2. The topological polar surface area (TPSA) is 58.2 Å². The first-order chi connectivity index (χ1) is 7.92. The highest BCUT2D eigenvalue weighted by atomic mass is 16.2. The molecule has 0 aliphatic carbocycles. The summed E-state index contributed by atoms with van der Waals surface area (Å²) in [6.45, 7) is 6.35. The molecule has 1 aliphatic heterocycles. The number of benzene rings is 1. The zero-order chi connectivity index (χ0) is 12.6. The molecule has 17 heavy (non-hydrogen) atoms. The van der Waals surface area contributed by atoms with Crippen LogP contribution < -0.4 is 10.6 Å². The van der Waals surface area contributed by atoms with Crippen molar-refractivity contribution in [3.8, 4) is 0 Å². The molecule has 1 aliphatic rings. The molecule has 1 aromatic rings. The molecule has 4 nitrogen and oxygen atoms in total. The first-order valence-electron chi connectivity index (χ1n) is 5.60. The van der Waals surface area contributed by atoms with Crippen LogP contribution in [0.5, 0.6) is 0 Å². The molecule has 2 amide bonds. The molecule has 0 spiro atoms. The number of piperazine rings is 1. The normalized spacial score (nSPS) is 24.2. The maximum absolute atomic E-state index is 11.5. The highest BCUT2D eigenvalue weighted by Crippen LogP contribution is 2.26. The second-order valence-corrected chi connectivity index (χ2v) is 4.79. The van der Waals surface area contributed by atoms with Gasteiger partial charge in [-0.2, -0.15) is 0 Å². The summed E-state index contributed by atoms with van der Waals surface area (Å²) < 4.78 is 0. The molecular formula is C13H16N2O2. The lowest BCUT2D eigenvalue weighted by molar-refractivity contribution is -0.142. The van der Waals surface area contributed by atoms with Gasteiger partial charge in [0.15, 0.2) is 0 Å². The molecule has 0 aromatic heterocycles. The summed E-state index contributed by atoms with van der Waals surface area (Å²) in [7, 11) is 0. The van der Waals surface area contributed by atoms with E-state index >= 15 is 0 Å². The van der Waals surface area contributed by atoms with E-state index in [-0.39, 0.29) is 0 Å². The van der Waals surface area contributed by atoms with Crippen LogP contribution in [0.3, 0.4) is 0 Å². The van der Waals surface area contributed by atoms with Gasteiger partial charge in [0.1, 0.15) is 0 Å². The van der Waals surface area contributed by atoms with Crippen molar-refractivity contribution in [2.45, 2.75) is 26.3 Å². The molecule has 1 atom stereocenters. The molecule has 2 N–H and O–H groups in total. The fourth-order valence-electron chi connectivity index (χ4n) is 2.18. The lowest BCUT2D eigenvalue weighted by Crippen LogP contribution is -2.61. The summed E-state index contributed by atoms with van der Waals surface area (Å²) in [5.41, 5.74) is 2.76. The van der Waals surface area contributed by atoms with E-state index < -0.39 is 17.4 Å². The molecule has 1 unspecified atom stereocenters. The number of hydrogen-bond acceptors (Lipinski definition) is 2. The number of nitrogens with one attached hydrogen (secondary N) is 2. The second kappa shape index (κ2) is 3.87. The van der Waals surface area contributed by atoms with Crippen LogP contribution in [-0.4, -0.2) is 18.4 Å². The van der Waals surface area contributed by atoms with Crippen LogP contribution in [0.1, 0.15) is 23.6 Å². The van der Waals surface area contributed by atoms with Crippen molar-refractivity contribution < 1.29 is 9.59 Å². The van der Waals surface area contributed by atoms with Crippen LogP contribution in [-0.2, 0) is 15.1 Å². The van der Waals surface area contributed by atoms with Crippen LogP contribution in [0.2, 0.25) is 0 Å². The number of hydrogen-bond donors (Lipinski definition) is 2. The lowest BCUT2D eigenvalue weighted by atomic mass is 9.86. The molecule has 4 heteroatoms. The largest absolute Gasteiger partial charge is 0.345 e. The molecule has 1 fully saturated rings. The third kappa shape index (κ3) is 2.02. The molecule has 90 valence electrons. The standard InChI is InChI=1S/C13H16N2O2/c1-8-4-5-9(2)10(6-8)13(3)7-14-11(16)12(17)15-13/h4-6H,7H2,1-3H3,(H,14,16)(H,15,17). The molecule has 2 rings (SSSR count). The number of aryl methyl sites for hydroxylation is 2. The first-order valence-corrected chi connectivity index (χ1v) is 5.60. The first kappa shape index (κ1) is 11.6. The van der Waals surface area contributed by atoms with Crippen molar-refractivity contribution in [3.63, 3.8) is 0 Å². The molecule has 0 radical (unpaired) electrons. The van der Waals surface area contributed by atoms with Gasteiger partial charge in [-0.15, -0.1) is 0 Å². The maximum Gasteiger partial charge on any atom is 0.310 e. The Morgan fingerprint density at radius 1 is 1.18 bits per heavy atom. The van der Waals surface area contributed by atoms with Crippen LogP contribution in [0.25, 0.3) is 0 Å². The Hall–Kier alpha value is -1.84. The maximum atomic E-state index is 11.5. The SMILES string of the molecule is Cc1ccc(C)c(C2(C)CNC(=O)C(=O)N2)c1. The van der Waals surface area contributed by atoms with E-state index in [1.165, 1.54) is 0 Å². The minimum atomic E-state index is -0.570. The van der Waals surface area contributed by atoms with Crippen LogP contribution in [0.15, 0.2) is 18.2 Å². The van der Waals surface area contributed by atoms with E-state index in [0.717, 1.165) is 16.7 Å². The molecule has 0 bridgehead atoms. The van der Waals surface area contributed by atoms with Crippen molar-refractivity contribution >= 4 is 11.8 Å². The van der Waals surface area contributed by atoms with E-state index in [2.05, 4.69) is 10.6 Å². The number of rotatable bonds is 1. The molecule has 1 saturated heterocycles. The monoisotopic (exact) mass is 232 g/mol. The van der Waals surface area contributed by atoms with E-state index in [0.29, 0.717) is 6.54 Å². The lowest BCUT2D eigenvalue weighted by Gasteiger charge is -2.36. The Balaban J connectivity index is 2.41. The molecule has 1 heterocycles. The highest BCUT2D eigenvalue weighted by Gasteiger charge is 2.36. The van der Waals surface area contributed by atoms with E-state index in [4.69, 9.17) is 0 Å². The van der Waals surface area contributed by atoms with E-state index in [9.17, 15) is 9.59 Å². The van der Waals surface area contributed by atoms with Crippen LogP contribution >= 0.6 is 0 Å². The van der Waals surface area contributed by atoms with Gasteiger partial charge in [-0.3, -0.25) is 9.59 Å². The van der Waals surface area contributed by atoms with Gasteiger partial charge >= 0.3 is 11.8 Å². The highest BCUT2D eigenvalue weighted by molar-refractivity contribution is 6.35. The van der Waals surface area contributed by atoms with Gasteiger partial charge in [0.2, 0.25) is 0 Å². The summed E-state index contributed by atoms with van der Waals surface area (Å²) in [6.07, 6.45) is 0. The average Bonchev–Trinajstić information content (AvgIpc) is 2.27. The van der Waals surface area contributed by atoms with E-state index in [1.807, 2.05) is 39.0 Å². The Morgan fingerprint density at radius 3 is 2.53 bits per heavy atom. The summed E-state index contributed by atoms with van der Waals surface area (Å²) in [5.74, 6) is -1.13. The number of amides is 2. The fraction of sp³-hybridized carbons (Fsp3) is 0.385. The third-order valence-electron chi connectivity index (χ3n) is 3.19. The van der Waals surface area contributed by atoms with Crippen molar-refractivity contribution in [1.82, 2.24) is 10.6 Å². The van der Waals surface area contributed by atoms with Gasteiger partial charge in [0.25, 0.3) is 0 Å².